The highest BCUT2D eigenvalue weighted by Crippen LogP contribution is 2.20. The molecular formula is C15H20N2O4. The van der Waals surface area contributed by atoms with Crippen LogP contribution in [0.2, 0.25) is 0 Å². The van der Waals surface area contributed by atoms with E-state index >= 15 is 0 Å². The van der Waals surface area contributed by atoms with Gasteiger partial charge < -0.3 is 15.2 Å². The van der Waals surface area contributed by atoms with E-state index in [1.807, 2.05) is 18.7 Å². The monoisotopic (exact) mass is 292 g/mol. The highest BCUT2D eigenvalue weighted by Gasteiger charge is 2.37. The molecule has 21 heavy (non-hydrogen) atoms. The van der Waals surface area contributed by atoms with E-state index in [1.165, 1.54) is 6.07 Å². The Balaban J connectivity index is 1.96. The van der Waals surface area contributed by atoms with Crippen LogP contribution in [0, 0.1) is 0 Å². The van der Waals surface area contributed by atoms with Gasteiger partial charge in [0.05, 0.1) is 5.54 Å². The highest BCUT2D eigenvalue weighted by atomic mass is 16.5. The molecule has 0 aromatic heterocycles. The van der Waals surface area contributed by atoms with Gasteiger partial charge in [-0.1, -0.05) is 12.1 Å². The van der Waals surface area contributed by atoms with Gasteiger partial charge in [-0.25, -0.2) is 4.79 Å². The van der Waals surface area contributed by atoms with Crippen LogP contribution >= 0.6 is 0 Å². The topological polar surface area (TPSA) is 78.9 Å². The van der Waals surface area contributed by atoms with Crippen molar-refractivity contribution in [2.75, 3.05) is 26.2 Å². The van der Waals surface area contributed by atoms with Crippen LogP contribution in [-0.2, 0) is 4.79 Å². The van der Waals surface area contributed by atoms with Gasteiger partial charge in [0.2, 0.25) is 5.91 Å². The fraction of sp³-hybridized carbons (Fsp3) is 0.467. The number of amides is 1. The molecule has 2 N–H and O–H groups in total. The van der Waals surface area contributed by atoms with Crippen molar-refractivity contribution in [1.82, 2.24) is 10.2 Å². The number of hydrogen-bond donors (Lipinski definition) is 2. The van der Waals surface area contributed by atoms with E-state index in [1.54, 1.807) is 18.2 Å². The summed E-state index contributed by atoms with van der Waals surface area (Å²) in [4.78, 5) is 25.0. The van der Waals surface area contributed by atoms with Crippen LogP contribution in [0.25, 0.3) is 0 Å². The molecule has 0 radical (unpaired) electrons. The quantitative estimate of drug-likeness (QED) is 0.845. The smallest absolute Gasteiger partial charge is 0.339 e. The molecule has 6 nitrogen and oxygen atoms in total. The van der Waals surface area contributed by atoms with Crippen molar-refractivity contribution in [3.63, 3.8) is 0 Å². The number of ether oxygens (including phenoxy) is 1. The second-order valence-electron chi connectivity index (χ2n) is 5.45. The van der Waals surface area contributed by atoms with Gasteiger partial charge in [0.15, 0.2) is 0 Å². The number of para-hydroxylation sites is 1. The van der Waals surface area contributed by atoms with Crippen LogP contribution in [0.1, 0.15) is 24.2 Å². The van der Waals surface area contributed by atoms with Gasteiger partial charge in [-0.2, -0.15) is 0 Å². The first-order valence-electron chi connectivity index (χ1n) is 6.91. The van der Waals surface area contributed by atoms with Gasteiger partial charge in [0.1, 0.15) is 17.9 Å². The number of rotatable bonds is 5. The number of piperazine rings is 1. The van der Waals surface area contributed by atoms with Crippen LogP contribution in [0.5, 0.6) is 5.75 Å². The Morgan fingerprint density at radius 2 is 2.14 bits per heavy atom. The van der Waals surface area contributed by atoms with Crippen LogP contribution in [0.4, 0.5) is 0 Å². The minimum Gasteiger partial charge on any atom is -0.491 e. The fourth-order valence-corrected chi connectivity index (χ4v) is 2.37. The minimum atomic E-state index is -1.01. The maximum Gasteiger partial charge on any atom is 0.339 e. The number of nitrogens with zero attached hydrogens (tertiary/aromatic N) is 1. The molecule has 1 saturated heterocycles. The number of aromatic carboxylic acids is 1. The summed E-state index contributed by atoms with van der Waals surface area (Å²) < 4.78 is 5.58. The van der Waals surface area contributed by atoms with Crippen LogP contribution in [-0.4, -0.2) is 53.7 Å². The fourth-order valence-electron chi connectivity index (χ4n) is 2.37. The molecule has 1 aromatic rings. The molecule has 1 heterocycles. The average Bonchev–Trinajstić information content (AvgIpc) is 2.44. The Hall–Kier alpha value is -2.08. The molecule has 1 aromatic carbocycles. The second-order valence-corrected chi connectivity index (χ2v) is 5.45. The maximum atomic E-state index is 11.8. The van der Waals surface area contributed by atoms with Gasteiger partial charge >= 0.3 is 5.97 Å². The summed E-state index contributed by atoms with van der Waals surface area (Å²) in [7, 11) is 0. The van der Waals surface area contributed by atoms with Crippen molar-refractivity contribution < 1.29 is 19.4 Å². The number of carbonyl (C=O) groups is 2. The van der Waals surface area contributed by atoms with E-state index < -0.39 is 11.5 Å². The Labute approximate surface area is 123 Å². The standard InChI is InChI=1S/C15H20N2O4/c1-15(2)14(20)16-7-8-17(15)9-10-21-12-6-4-3-5-11(12)13(18)19/h3-6H,7-10H2,1-2H3,(H,16,20)(H,18,19). The molecule has 0 atom stereocenters. The third-order valence-electron chi connectivity index (χ3n) is 3.75. The van der Waals surface area contributed by atoms with Crippen molar-refractivity contribution >= 4 is 11.9 Å². The first kappa shape index (κ1) is 15.3. The average molecular weight is 292 g/mol. The highest BCUT2D eigenvalue weighted by molar-refractivity contribution is 5.90. The number of hydrogen-bond acceptors (Lipinski definition) is 4. The lowest BCUT2D eigenvalue weighted by molar-refractivity contribution is -0.135. The minimum absolute atomic E-state index is 0.000291. The number of carboxylic acids is 1. The zero-order valence-electron chi connectivity index (χ0n) is 12.3. The van der Waals surface area contributed by atoms with E-state index in [-0.39, 0.29) is 11.5 Å². The van der Waals surface area contributed by atoms with E-state index in [4.69, 9.17) is 9.84 Å². The largest absolute Gasteiger partial charge is 0.491 e. The van der Waals surface area contributed by atoms with Crippen LogP contribution < -0.4 is 10.1 Å². The van der Waals surface area contributed by atoms with Gasteiger partial charge in [-0.05, 0) is 26.0 Å². The molecule has 0 spiro atoms. The zero-order valence-corrected chi connectivity index (χ0v) is 12.3. The first-order chi connectivity index (χ1) is 9.93. The molecular weight excluding hydrogens is 272 g/mol. The van der Waals surface area contributed by atoms with Crippen molar-refractivity contribution in [3.05, 3.63) is 29.8 Å². The molecule has 2 rings (SSSR count). The predicted molar refractivity (Wildman–Crippen MR) is 77.6 cm³/mol. The van der Waals surface area contributed by atoms with E-state index in [0.29, 0.717) is 25.4 Å². The van der Waals surface area contributed by atoms with Gasteiger partial charge in [-0.3, -0.25) is 9.69 Å². The second kappa shape index (κ2) is 6.13. The lowest BCUT2D eigenvalue weighted by atomic mass is 9.99. The lowest BCUT2D eigenvalue weighted by Gasteiger charge is -2.41. The SMILES string of the molecule is CC1(C)C(=O)NCCN1CCOc1ccccc1C(=O)O. The van der Waals surface area contributed by atoms with Crippen molar-refractivity contribution in [3.8, 4) is 5.75 Å². The summed E-state index contributed by atoms with van der Waals surface area (Å²) in [5.74, 6) is -0.660. The Kier molecular flexibility index (Phi) is 4.47. The van der Waals surface area contributed by atoms with Crippen LogP contribution in [0.3, 0.4) is 0 Å². The Morgan fingerprint density at radius 1 is 1.43 bits per heavy atom. The molecule has 1 aliphatic heterocycles. The zero-order chi connectivity index (χ0) is 15.5. The molecule has 1 aliphatic rings. The summed E-state index contributed by atoms with van der Waals surface area (Å²) in [6.07, 6.45) is 0. The van der Waals surface area contributed by atoms with E-state index in [2.05, 4.69) is 5.32 Å². The van der Waals surface area contributed by atoms with Gasteiger partial charge in [-0.15, -0.1) is 0 Å². The summed E-state index contributed by atoms with van der Waals surface area (Å²) >= 11 is 0. The summed E-state index contributed by atoms with van der Waals surface area (Å²) in [5, 5.41) is 11.9. The maximum absolute atomic E-state index is 11.8. The number of carboxylic acid groups (broad SMARTS) is 1. The lowest BCUT2D eigenvalue weighted by Crippen LogP contribution is -2.62. The number of carbonyl (C=O) groups excluding carboxylic acids is 1. The molecule has 0 aliphatic carbocycles. The molecule has 0 bridgehead atoms. The molecule has 0 unspecified atom stereocenters. The first-order valence-corrected chi connectivity index (χ1v) is 6.91. The van der Waals surface area contributed by atoms with E-state index in [0.717, 1.165) is 6.54 Å². The molecule has 1 fully saturated rings. The predicted octanol–water partition coefficient (Wildman–Crippen LogP) is 0.974. The summed E-state index contributed by atoms with van der Waals surface area (Å²) in [6, 6.07) is 6.54. The van der Waals surface area contributed by atoms with Crippen molar-refractivity contribution in [2.24, 2.45) is 0 Å². The summed E-state index contributed by atoms with van der Waals surface area (Å²) in [6.45, 7) is 6.01. The van der Waals surface area contributed by atoms with Crippen LogP contribution in [0.15, 0.2) is 24.3 Å². The molecule has 1 amide bonds. The third kappa shape index (κ3) is 3.33. The Morgan fingerprint density at radius 3 is 2.86 bits per heavy atom. The molecule has 0 saturated carbocycles. The van der Waals surface area contributed by atoms with Gasteiger partial charge in [0, 0.05) is 19.6 Å². The third-order valence-corrected chi connectivity index (χ3v) is 3.75. The number of nitrogens with one attached hydrogen (secondary N) is 1. The summed E-state index contributed by atoms with van der Waals surface area (Å²) in [5.41, 5.74) is -0.429. The Bertz CT molecular complexity index is 542. The van der Waals surface area contributed by atoms with Crippen molar-refractivity contribution in [1.29, 1.82) is 0 Å². The molecule has 114 valence electrons. The van der Waals surface area contributed by atoms with Crippen molar-refractivity contribution in [2.45, 2.75) is 19.4 Å². The normalized spacial score (nSPS) is 18.1. The molecule has 6 heteroatoms. The van der Waals surface area contributed by atoms with E-state index in [9.17, 15) is 9.59 Å². The van der Waals surface area contributed by atoms with Gasteiger partial charge in [0.25, 0.3) is 0 Å². The number of benzene rings is 1.